The molecule has 5 heteroatoms. The number of carbonyl (C=O) groups is 2. The van der Waals surface area contributed by atoms with Crippen LogP contribution >= 0.6 is 11.6 Å². The highest BCUT2D eigenvalue weighted by atomic mass is 35.5. The van der Waals surface area contributed by atoms with Gasteiger partial charge in [-0.2, -0.15) is 0 Å². The summed E-state index contributed by atoms with van der Waals surface area (Å²) >= 11 is 5.86. The van der Waals surface area contributed by atoms with Gasteiger partial charge in [0.15, 0.2) is 5.78 Å². The highest BCUT2D eigenvalue weighted by Crippen LogP contribution is 2.29. The molecule has 0 spiro atoms. The van der Waals surface area contributed by atoms with Crippen LogP contribution in [0.4, 0.5) is 5.69 Å². The number of nitrogens with one attached hydrogen (secondary N) is 1. The molecule has 24 heavy (non-hydrogen) atoms. The topological polar surface area (TPSA) is 59.1 Å². The first-order valence-electron chi connectivity index (χ1n) is 7.44. The van der Waals surface area contributed by atoms with E-state index in [2.05, 4.69) is 10.3 Å². The highest BCUT2D eigenvalue weighted by molar-refractivity contribution is 6.30. The molecule has 2 aromatic carbocycles. The Hall–Kier alpha value is -2.72. The summed E-state index contributed by atoms with van der Waals surface area (Å²) < 4.78 is 0. The molecule has 0 saturated heterocycles. The lowest BCUT2D eigenvalue weighted by Gasteiger charge is -2.14. The molecule has 0 unspecified atom stereocenters. The first-order chi connectivity index (χ1) is 11.5. The molecule has 3 aromatic rings. The maximum Gasteiger partial charge on any atom is 0.255 e. The minimum absolute atomic E-state index is 0.142. The van der Waals surface area contributed by atoms with Crippen LogP contribution < -0.4 is 5.32 Å². The molecule has 1 amide bonds. The van der Waals surface area contributed by atoms with Gasteiger partial charge in [-0.05, 0) is 44.2 Å². The van der Waals surface area contributed by atoms with Crippen LogP contribution in [0.2, 0.25) is 5.02 Å². The van der Waals surface area contributed by atoms with Crippen LogP contribution in [0.1, 0.15) is 33.3 Å². The zero-order valence-corrected chi connectivity index (χ0v) is 14.0. The Labute approximate surface area is 144 Å². The van der Waals surface area contributed by atoms with Gasteiger partial charge in [0.05, 0.1) is 22.5 Å². The van der Waals surface area contributed by atoms with E-state index in [0.29, 0.717) is 27.5 Å². The summed E-state index contributed by atoms with van der Waals surface area (Å²) in [4.78, 5) is 29.1. The van der Waals surface area contributed by atoms with Gasteiger partial charge in [-0.15, -0.1) is 0 Å². The molecule has 1 heterocycles. The largest absolute Gasteiger partial charge is 0.321 e. The summed E-state index contributed by atoms with van der Waals surface area (Å²) in [6.45, 7) is 3.23. The van der Waals surface area contributed by atoms with E-state index >= 15 is 0 Å². The standard InChI is InChI=1S/C19H15ClN2O2/c1-11-17(12(2)23)18(15-5-3-4-6-16(15)21-11)22-19(24)13-7-9-14(20)10-8-13/h3-10H,1-2H3,(H,21,22,24). The number of aromatic nitrogens is 1. The average Bonchev–Trinajstić information content (AvgIpc) is 2.54. The molecule has 1 aromatic heterocycles. The number of para-hydroxylation sites is 1. The Kier molecular flexibility index (Phi) is 4.32. The molecule has 4 nitrogen and oxygen atoms in total. The van der Waals surface area contributed by atoms with Crippen molar-refractivity contribution in [2.75, 3.05) is 5.32 Å². The molecule has 0 atom stereocenters. The molecule has 0 saturated carbocycles. The molecule has 1 N–H and O–H groups in total. The molecule has 0 fully saturated rings. The quantitative estimate of drug-likeness (QED) is 0.707. The van der Waals surface area contributed by atoms with Crippen molar-refractivity contribution in [1.29, 1.82) is 0 Å². The Morgan fingerprint density at radius 2 is 1.71 bits per heavy atom. The summed E-state index contributed by atoms with van der Waals surface area (Å²) in [5, 5.41) is 4.16. The van der Waals surface area contributed by atoms with E-state index < -0.39 is 0 Å². The first kappa shape index (κ1) is 16.1. The smallest absolute Gasteiger partial charge is 0.255 e. The number of halogens is 1. The second-order valence-electron chi connectivity index (χ2n) is 5.48. The predicted octanol–water partition coefficient (Wildman–Crippen LogP) is 4.65. The van der Waals surface area contributed by atoms with Gasteiger partial charge in [-0.3, -0.25) is 14.6 Å². The molecular formula is C19H15ClN2O2. The lowest BCUT2D eigenvalue weighted by atomic mass is 10.0. The number of aryl methyl sites for hydroxylation is 1. The Morgan fingerprint density at radius 3 is 2.38 bits per heavy atom. The minimum atomic E-state index is -0.301. The first-order valence-corrected chi connectivity index (χ1v) is 7.82. The normalized spacial score (nSPS) is 10.6. The third-order valence-corrected chi connectivity index (χ3v) is 4.02. The summed E-state index contributed by atoms with van der Waals surface area (Å²) in [7, 11) is 0. The fourth-order valence-electron chi connectivity index (χ4n) is 2.68. The molecule has 0 aliphatic rings. The number of benzene rings is 2. The third kappa shape index (κ3) is 3.01. The predicted molar refractivity (Wildman–Crippen MR) is 95.9 cm³/mol. The summed E-state index contributed by atoms with van der Waals surface area (Å²) in [6, 6.07) is 14.0. The molecular weight excluding hydrogens is 324 g/mol. The minimum Gasteiger partial charge on any atom is -0.321 e. The molecule has 0 radical (unpaired) electrons. The number of nitrogens with zero attached hydrogens (tertiary/aromatic N) is 1. The van der Waals surface area contributed by atoms with E-state index in [1.807, 2.05) is 24.3 Å². The van der Waals surface area contributed by atoms with E-state index in [1.54, 1.807) is 31.2 Å². The van der Waals surface area contributed by atoms with Crippen LogP contribution in [-0.2, 0) is 0 Å². The molecule has 120 valence electrons. The zero-order chi connectivity index (χ0) is 17.3. The lowest BCUT2D eigenvalue weighted by molar-refractivity contribution is 0.101. The van der Waals surface area contributed by atoms with Crippen molar-refractivity contribution in [1.82, 2.24) is 4.98 Å². The number of carbonyl (C=O) groups excluding carboxylic acids is 2. The number of hydrogen-bond acceptors (Lipinski definition) is 3. The van der Waals surface area contributed by atoms with Gasteiger partial charge < -0.3 is 5.32 Å². The summed E-state index contributed by atoms with van der Waals surface area (Å²) in [6.07, 6.45) is 0. The summed E-state index contributed by atoms with van der Waals surface area (Å²) in [5.74, 6) is -0.443. The van der Waals surface area contributed by atoms with Crippen molar-refractivity contribution in [3.63, 3.8) is 0 Å². The van der Waals surface area contributed by atoms with Crippen LogP contribution in [-0.4, -0.2) is 16.7 Å². The van der Waals surface area contributed by atoms with E-state index in [0.717, 1.165) is 10.9 Å². The molecule has 0 aliphatic heterocycles. The van der Waals surface area contributed by atoms with E-state index in [1.165, 1.54) is 6.92 Å². The highest BCUT2D eigenvalue weighted by Gasteiger charge is 2.18. The van der Waals surface area contributed by atoms with Crippen LogP contribution in [0.3, 0.4) is 0 Å². The number of fused-ring (bicyclic) bond motifs is 1. The van der Waals surface area contributed by atoms with Crippen molar-refractivity contribution < 1.29 is 9.59 Å². The van der Waals surface area contributed by atoms with Gasteiger partial charge in [0, 0.05) is 16.0 Å². The number of amides is 1. The Bertz CT molecular complexity index is 949. The zero-order valence-electron chi connectivity index (χ0n) is 13.3. The SMILES string of the molecule is CC(=O)c1c(C)nc2ccccc2c1NC(=O)c1ccc(Cl)cc1. The average molecular weight is 339 g/mol. The fourth-order valence-corrected chi connectivity index (χ4v) is 2.81. The third-order valence-electron chi connectivity index (χ3n) is 3.77. The number of Topliss-reactive ketones (excluding diaryl/α,β-unsaturated/α-hetero) is 1. The maximum atomic E-state index is 12.6. The van der Waals surface area contributed by atoms with E-state index in [-0.39, 0.29) is 11.7 Å². The van der Waals surface area contributed by atoms with Crippen LogP contribution in [0.25, 0.3) is 10.9 Å². The molecule has 0 aliphatic carbocycles. The molecule has 3 rings (SSSR count). The van der Waals surface area contributed by atoms with Crippen LogP contribution in [0.5, 0.6) is 0 Å². The number of rotatable bonds is 3. The van der Waals surface area contributed by atoms with Crippen molar-refractivity contribution in [3.05, 3.63) is 70.4 Å². The fraction of sp³-hybridized carbons (Fsp3) is 0.105. The second-order valence-corrected chi connectivity index (χ2v) is 5.92. The van der Waals surface area contributed by atoms with Crippen LogP contribution in [0, 0.1) is 6.92 Å². The van der Waals surface area contributed by atoms with E-state index in [9.17, 15) is 9.59 Å². The Morgan fingerprint density at radius 1 is 1.04 bits per heavy atom. The van der Waals surface area contributed by atoms with Crippen LogP contribution in [0.15, 0.2) is 48.5 Å². The van der Waals surface area contributed by atoms with Crippen molar-refractivity contribution in [2.45, 2.75) is 13.8 Å². The number of pyridine rings is 1. The van der Waals surface area contributed by atoms with Gasteiger partial charge in [-0.25, -0.2) is 0 Å². The monoisotopic (exact) mass is 338 g/mol. The van der Waals surface area contributed by atoms with Crippen molar-refractivity contribution >= 4 is 39.9 Å². The van der Waals surface area contributed by atoms with Gasteiger partial charge in [-0.1, -0.05) is 29.8 Å². The van der Waals surface area contributed by atoms with E-state index in [4.69, 9.17) is 11.6 Å². The van der Waals surface area contributed by atoms with Gasteiger partial charge >= 0.3 is 0 Å². The van der Waals surface area contributed by atoms with Crippen molar-refractivity contribution in [3.8, 4) is 0 Å². The van der Waals surface area contributed by atoms with Gasteiger partial charge in [0.25, 0.3) is 5.91 Å². The molecule has 0 bridgehead atoms. The number of ketones is 1. The lowest BCUT2D eigenvalue weighted by Crippen LogP contribution is -2.16. The maximum absolute atomic E-state index is 12.6. The number of hydrogen-bond donors (Lipinski definition) is 1. The van der Waals surface area contributed by atoms with Gasteiger partial charge in [0.1, 0.15) is 0 Å². The number of anilines is 1. The van der Waals surface area contributed by atoms with Crippen molar-refractivity contribution in [2.24, 2.45) is 0 Å². The van der Waals surface area contributed by atoms with Gasteiger partial charge in [0.2, 0.25) is 0 Å². The summed E-state index contributed by atoms with van der Waals surface area (Å²) in [5.41, 5.74) is 2.70. The second kappa shape index (κ2) is 6.42. The Balaban J connectivity index is 2.13.